The van der Waals surface area contributed by atoms with Crippen LogP contribution in [0.4, 0.5) is 8.78 Å². The molecule has 1 aliphatic rings. The van der Waals surface area contributed by atoms with Crippen molar-refractivity contribution in [1.29, 1.82) is 5.26 Å². The first-order chi connectivity index (χ1) is 20.7. The molecule has 0 unspecified atom stereocenters. The molecule has 0 bridgehead atoms. The van der Waals surface area contributed by atoms with E-state index in [1.165, 1.54) is 32.0 Å². The number of hydrogen-bond donors (Lipinski definition) is 4. The number of nitrogens with one attached hydrogen (secondary N) is 4. The highest BCUT2D eigenvalue weighted by Crippen LogP contribution is 2.28. The van der Waals surface area contributed by atoms with Crippen molar-refractivity contribution in [2.24, 2.45) is 17.3 Å². The molecule has 12 nitrogen and oxygen atoms in total. The number of amides is 3. The molecule has 2 heterocycles. The average molecular weight is 618 g/mol. The minimum absolute atomic E-state index is 0.00889. The number of ketones is 1. The molecule has 1 fully saturated rings. The predicted octanol–water partition coefficient (Wildman–Crippen LogP) is 2.98. The Morgan fingerprint density at radius 3 is 2.52 bits per heavy atom. The van der Waals surface area contributed by atoms with Crippen LogP contribution in [-0.4, -0.2) is 66.3 Å². The predicted molar refractivity (Wildman–Crippen MR) is 153 cm³/mol. The van der Waals surface area contributed by atoms with Gasteiger partial charge >= 0.3 is 12.6 Å². The number of nitriles is 1. The summed E-state index contributed by atoms with van der Waals surface area (Å²) in [5, 5.41) is 17.4. The Bertz CT molecular complexity index is 1430. The number of carbonyl (C=O) groups excluding carboxylic acids is 5. The molecule has 14 heteroatoms. The zero-order valence-corrected chi connectivity index (χ0v) is 25.0. The summed E-state index contributed by atoms with van der Waals surface area (Å²) < 4.78 is 35.3. The molecule has 1 aromatic heterocycles. The fourth-order valence-electron chi connectivity index (χ4n) is 4.74. The summed E-state index contributed by atoms with van der Waals surface area (Å²) in [6.45, 7) is 3.03. The highest BCUT2D eigenvalue weighted by Gasteiger charge is 2.35. The lowest BCUT2D eigenvalue weighted by Crippen LogP contribution is -2.54. The molecule has 4 N–H and O–H groups in total. The Morgan fingerprint density at radius 2 is 1.89 bits per heavy atom. The molecular formula is C30H37F2N5O7. The van der Waals surface area contributed by atoms with Gasteiger partial charge in [0.25, 0.3) is 5.91 Å². The van der Waals surface area contributed by atoms with Gasteiger partial charge in [-0.05, 0) is 63.6 Å². The van der Waals surface area contributed by atoms with E-state index in [1.807, 2.05) is 13.8 Å². The molecule has 44 heavy (non-hydrogen) atoms. The third-order valence-electron chi connectivity index (χ3n) is 7.17. The molecule has 0 radical (unpaired) electrons. The van der Waals surface area contributed by atoms with Crippen molar-refractivity contribution >= 4 is 40.4 Å². The van der Waals surface area contributed by atoms with Crippen molar-refractivity contribution in [3.63, 3.8) is 0 Å². The summed E-state index contributed by atoms with van der Waals surface area (Å²) in [6, 6.07) is 5.16. The highest BCUT2D eigenvalue weighted by atomic mass is 19.3. The van der Waals surface area contributed by atoms with E-state index < -0.39 is 60.2 Å². The largest absolute Gasteiger partial charge is 0.456 e. The van der Waals surface area contributed by atoms with E-state index in [-0.39, 0.29) is 41.5 Å². The minimum Gasteiger partial charge on any atom is -0.456 e. The van der Waals surface area contributed by atoms with Crippen molar-refractivity contribution in [2.45, 2.75) is 72.1 Å². The number of nitrogens with zero attached hydrogens (tertiary/aromatic N) is 1. The molecule has 1 saturated heterocycles. The SMILES string of the molecule is CC(C)C[C@H](NC(=O)c1cc2c(OC(F)F)cccc2[nH]1)C(=O)N[C@@H](C[C@@H]1CCCNC1=O)C(=O)COC(=O)C(C)(C)C#N. The average Bonchev–Trinajstić information content (AvgIpc) is 3.41. The molecule has 3 atom stereocenters. The summed E-state index contributed by atoms with van der Waals surface area (Å²) in [7, 11) is 0. The molecule has 2 aromatic rings. The Hall–Kier alpha value is -4.54. The first kappa shape index (κ1) is 34.0. The number of piperidine rings is 1. The summed E-state index contributed by atoms with van der Waals surface area (Å²) >= 11 is 0. The van der Waals surface area contributed by atoms with Gasteiger partial charge in [0, 0.05) is 23.4 Å². The van der Waals surface area contributed by atoms with Crippen molar-refractivity contribution in [1.82, 2.24) is 20.9 Å². The van der Waals surface area contributed by atoms with Gasteiger partial charge < -0.3 is 30.4 Å². The zero-order valence-electron chi connectivity index (χ0n) is 25.0. The lowest BCUT2D eigenvalue weighted by molar-refractivity contribution is -0.154. The van der Waals surface area contributed by atoms with Gasteiger partial charge in [-0.1, -0.05) is 19.9 Å². The van der Waals surface area contributed by atoms with Crippen molar-refractivity contribution in [3.05, 3.63) is 30.0 Å². The van der Waals surface area contributed by atoms with Crippen molar-refractivity contribution < 1.29 is 42.2 Å². The van der Waals surface area contributed by atoms with E-state index >= 15 is 0 Å². The lowest BCUT2D eigenvalue weighted by atomic mass is 9.89. The van der Waals surface area contributed by atoms with Crippen LogP contribution in [0.1, 0.15) is 63.9 Å². The third-order valence-corrected chi connectivity index (χ3v) is 7.17. The van der Waals surface area contributed by atoms with E-state index in [0.717, 1.165) is 0 Å². The Balaban J connectivity index is 1.80. The molecule has 1 aliphatic heterocycles. The van der Waals surface area contributed by atoms with Crippen LogP contribution in [-0.2, 0) is 23.9 Å². The minimum atomic E-state index is -3.07. The molecular weight excluding hydrogens is 580 g/mol. The molecule has 238 valence electrons. The maximum absolute atomic E-state index is 13.5. The number of Topliss-reactive ketones (excluding diaryl/α,β-unsaturated/α-hetero) is 1. The van der Waals surface area contributed by atoms with E-state index in [2.05, 4.69) is 25.7 Å². The second-order valence-corrected chi connectivity index (χ2v) is 11.6. The van der Waals surface area contributed by atoms with Crippen LogP contribution >= 0.6 is 0 Å². The van der Waals surface area contributed by atoms with Gasteiger partial charge in [-0.3, -0.25) is 24.0 Å². The topological polar surface area (TPSA) is 179 Å². The van der Waals surface area contributed by atoms with Gasteiger partial charge in [-0.25, -0.2) is 0 Å². The molecule has 0 aliphatic carbocycles. The van der Waals surface area contributed by atoms with Crippen LogP contribution in [0.2, 0.25) is 0 Å². The van der Waals surface area contributed by atoms with Gasteiger partial charge in [0.2, 0.25) is 11.8 Å². The maximum atomic E-state index is 13.5. The summed E-state index contributed by atoms with van der Waals surface area (Å²) in [5.41, 5.74) is -1.14. The smallest absolute Gasteiger partial charge is 0.387 e. The number of benzene rings is 1. The first-order valence-corrected chi connectivity index (χ1v) is 14.3. The van der Waals surface area contributed by atoms with E-state index in [1.54, 1.807) is 12.1 Å². The molecule has 0 spiro atoms. The Kier molecular flexibility index (Phi) is 11.4. The number of ether oxygens (including phenoxy) is 2. The number of H-pyrrole nitrogens is 1. The number of carbonyl (C=O) groups is 5. The Morgan fingerprint density at radius 1 is 1.16 bits per heavy atom. The zero-order chi connectivity index (χ0) is 32.6. The van der Waals surface area contributed by atoms with Crippen LogP contribution in [0, 0.1) is 28.6 Å². The summed E-state index contributed by atoms with van der Waals surface area (Å²) in [4.78, 5) is 67.5. The van der Waals surface area contributed by atoms with Gasteiger partial charge in [-0.2, -0.15) is 14.0 Å². The summed E-state index contributed by atoms with van der Waals surface area (Å²) in [5.74, 6) is -4.07. The standard InChI is InChI=1S/C30H37F2N5O7/c1-16(2)11-21(37-27(41)22-13-18-19(35-22)8-5-9-24(18)44-29(31)32)26(40)36-20(12-17-7-6-10-34-25(17)39)23(38)14-43-28(42)30(3,4)15-33/h5,8-9,13,16-17,20-21,29,35H,6-7,10-12,14H2,1-4H3,(H,34,39)(H,36,40)(H,37,41)/t17-,20-,21-/m0/s1. The molecule has 3 rings (SSSR count). The van der Waals surface area contributed by atoms with Crippen LogP contribution in [0.15, 0.2) is 24.3 Å². The number of halogens is 2. The van der Waals surface area contributed by atoms with Crippen LogP contribution in [0.25, 0.3) is 10.9 Å². The lowest BCUT2D eigenvalue weighted by Gasteiger charge is -2.28. The number of alkyl halides is 2. The van der Waals surface area contributed by atoms with E-state index in [9.17, 15) is 32.8 Å². The quantitative estimate of drug-likeness (QED) is 0.234. The van der Waals surface area contributed by atoms with E-state index in [4.69, 9.17) is 10.00 Å². The maximum Gasteiger partial charge on any atom is 0.387 e. The Labute approximate surface area is 253 Å². The number of fused-ring (bicyclic) bond motifs is 1. The normalized spacial score (nSPS) is 16.5. The fraction of sp³-hybridized carbons (Fsp3) is 0.533. The fourth-order valence-corrected chi connectivity index (χ4v) is 4.74. The number of hydrogen-bond acceptors (Lipinski definition) is 8. The second-order valence-electron chi connectivity index (χ2n) is 11.6. The van der Waals surface area contributed by atoms with Gasteiger partial charge in [0.05, 0.1) is 12.1 Å². The van der Waals surface area contributed by atoms with E-state index in [0.29, 0.717) is 24.9 Å². The molecule has 0 saturated carbocycles. The number of aromatic nitrogens is 1. The monoisotopic (exact) mass is 617 g/mol. The third kappa shape index (κ3) is 8.98. The van der Waals surface area contributed by atoms with Crippen LogP contribution < -0.4 is 20.7 Å². The number of esters is 1. The van der Waals surface area contributed by atoms with Crippen LogP contribution in [0.3, 0.4) is 0 Å². The molecule has 1 aromatic carbocycles. The number of rotatable bonds is 14. The first-order valence-electron chi connectivity index (χ1n) is 14.3. The van der Waals surface area contributed by atoms with Gasteiger partial charge in [0.1, 0.15) is 22.9 Å². The number of aromatic amines is 1. The van der Waals surface area contributed by atoms with Gasteiger partial charge in [-0.15, -0.1) is 0 Å². The van der Waals surface area contributed by atoms with Gasteiger partial charge in [0.15, 0.2) is 12.4 Å². The summed E-state index contributed by atoms with van der Waals surface area (Å²) in [6.07, 6.45) is 1.27. The van der Waals surface area contributed by atoms with Crippen molar-refractivity contribution in [3.8, 4) is 11.8 Å². The second kappa shape index (κ2) is 14.8. The molecule has 3 amide bonds. The van der Waals surface area contributed by atoms with Crippen molar-refractivity contribution in [2.75, 3.05) is 13.2 Å². The highest BCUT2D eigenvalue weighted by molar-refractivity contribution is 6.02. The van der Waals surface area contributed by atoms with Crippen LogP contribution in [0.5, 0.6) is 5.75 Å².